The van der Waals surface area contributed by atoms with Crippen molar-refractivity contribution in [2.24, 2.45) is 5.92 Å². The monoisotopic (exact) mass is 403 g/mol. The topological polar surface area (TPSA) is 46.6 Å². The Morgan fingerprint density at radius 3 is 2.07 bits per heavy atom. The van der Waals surface area contributed by atoms with Gasteiger partial charge in [0.05, 0.1) is 12.3 Å². The number of esters is 1. The second-order valence-electron chi connectivity index (χ2n) is 9.18. The van der Waals surface area contributed by atoms with Crippen LogP contribution in [0.5, 0.6) is 0 Å². The zero-order valence-corrected chi connectivity index (χ0v) is 17.4. The van der Waals surface area contributed by atoms with E-state index in [4.69, 9.17) is 4.74 Å². The van der Waals surface area contributed by atoms with Crippen molar-refractivity contribution in [2.45, 2.75) is 56.0 Å². The lowest BCUT2D eigenvalue weighted by atomic mass is 9.69. The van der Waals surface area contributed by atoms with E-state index in [9.17, 15) is 9.59 Å². The molecule has 1 aliphatic carbocycles. The first-order valence-electron chi connectivity index (χ1n) is 11.2. The van der Waals surface area contributed by atoms with Crippen molar-refractivity contribution in [3.8, 4) is 0 Å². The minimum Gasteiger partial charge on any atom is -0.458 e. The zero-order valence-electron chi connectivity index (χ0n) is 17.4. The van der Waals surface area contributed by atoms with Crippen LogP contribution in [-0.2, 0) is 19.7 Å². The summed E-state index contributed by atoms with van der Waals surface area (Å²) in [7, 11) is 0. The van der Waals surface area contributed by atoms with Gasteiger partial charge in [-0.05, 0) is 49.7 Å². The van der Waals surface area contributed by atoms with Gasteiger partial charge in [-0.2, -0.15) is 0 Å². The first kappa shape index (κ1) is 19.3. The predicted molar refractivity (Wildman–Crippen MR) is 115 cm³/mol. The molecule has 4 nitrogen and oxygen atoms in total. The molecule has 3 fully saturated rings. The smallest absolute Gasteiger partial charge is 0.307 e. The molecule has 3 aliphatic rings. The van der Waals surface area contributed by atoms with Crippen LogP contribution in [0.4, 0.5) is 0 Å². The summed E-state index contributed by atoms with van der Waals surface area (Å²) in [4.78, 5) is 28.0. The maximum atomic E-state index is 13.8. The Balaban J connectivity index is 1.49. The van der Waals surface area contributed by atoms with Gasteiger partial charge in [0.25, 0.3) is 0 Å². The molecule has 0 radical (unpaired) electrons. The molecule has 0 bridgehead atoms. The molecule has 0 aromatic heterocycles. The summed E-state index contributed by atoms with van der Waals surface area (Å²) in [6, 6.07) is 21.1. The van der Waals surface area contributed by atoms with Crippen LogP contribution in [0.3, 0.4) is 0 Å². The molecule has 2 aromatic carbocycles. The second kappa shape index (κ2) is 7.57. The number of piperidine rings is 1. The molecule has 4 heteroatoms. The lowest BCUT2D eigenvalue weighted by Gasteiger charge is -2.45. The molecule has 2 heterocycles. The average molecular weight is 404 g/mol. The number of amides is 1. The van der Waals surface area contributed by atoms with Crippen molar-refractivity contribution in [3.05, 3.63) is 71.8 Å². The van der Waals surface area contributed by atoms with E-state index in [1.807, 2.05) is 17.0 Å². The number of ether oxygens (including phenoxy) is 1. The minimum atomic E-state index is -0.548. The van der Waals surface area contributed by atoms with E-state index in [1.54, 1.807) is 0 Å². The molecule has 1 atom stereocenters. The lowest BCUT2D eigenvalue weighted by molar-refractivity contribution is -0.152. The Morgan fingerprint density at radius 1 is 0.867 bits per heavy atom. The van der Waals surface area contributed by atoms with Gasteiger partial charge in [-0.1, -0.05) is 60.7 Å². The summed E-state index contributed by atoms with van der Waals surface area (Å²) in [5.74, 6) is -0.418. The molecule has 0 N–H and O–H groups in total. The number of hydrogen-bond donors (Lipinski definition) is 0. The third-order valence-electron chi connectivity index (χ3n) is 7.53. The number of rotatable bonds is 3. The second-order valence-corrected chi connectivity index (χ2v) is 9.18. The average Bonchev–Trinajstić information content (AvgIpc) is 3.40. The largest absolute Gasteiger partial charge is 0.458 e. The molecule has 2 aliphatic heterocycles. The fraction of sp³-hybridized carbons (Fsp3) is 0.462. The van der Waals surface area contributed by atoms with Crippen molar-refractivity contribution < 1.29 is 14.3 Å². The first-order chi connectivity index (χ1) is 14.6. The highest BCUT2D eigenvalue weighted by Gasteiger charge is 2.55. The maximum Gasteiger partial charge on any atom is 0.307 e. The molecule has 0 unspecified atom stereocenters. The number of likely N-dealkylation sites (tertiary alicyclic amines) is 1. The Hall–Kier alpha value is -2.62. The van der Waals surface area contributed by atoms with Crippen molar-refractivity contribution in [1.82, 2.24) is 4.90 Å². The van der Waals surface area contributed by atoms with E-state index < -0.39 is 5.60 Å². The van der Waals surface area contributed by atoms with Gasteiger partial charge in [0.15, 0.2) is 0 Å². The van der Waals surface area contributed by atoms with Crippen LogP contribution < -0.4 is 0 Å². The van der Waals surface area contributed by atoms with Crippen molar-refractivity contribution in [2.75, 3.05) is 13.1 Å². The normalized spacial score (nSPS) is 24.7. The van der Waals surface area contributed by atoms with Gasteiger partial charge in [0.2, 0.25) is 5.91 Å². The molecule has 5 rings (SSSR count). The predicted octanol–water partition coefficient (Wildman–Crippen LogP) is 4.47. The van der Waals surface area contributed by atoms with E-state index in [0.29, 0.717) is 6.54 Å². The van der Waals surface area contributed by atoms with Crippen LogP contribution in [0.15, 0.2) is 60.7 Å². The number of hydrogen-bond acceptors (Lipinski definition) is 3. The van der Waals surface area contributed by atoms with Gasteiger partial charge in [-0.3, -0.25) is 9.59 Å². The highest BCUT2D eigenvalue weighted by molar-refractivity contribution is 5.88. The Morgan fingerprint density at radius 2 is 1.47 bits per heavy atom. The summed E-state index contributed by atoms with van der Waals surface area (Å²) < 4.78 is 5.77. The number of carbonyl (C=O) groups is 2. The number of nitrogens with zero attached hydrogens (tertiary/aromatic N) is 1. The molecule has 1 spiro atoms. The zero-order chi connectivity index (χ0) is 20.6. The summed E-state index contributed by atoms with van der Waals surface area (Å²) in [5.41, 5.74) is 1.74. The highest BCUT2D eigenvalue weighted by Crippen LogP contribution is 2.47. The van der Waals surface area contributed by atoms with E-state index in [0.717, 1.165) is 45.1 Å². The Kier molecular flexibility index (Phi) is 4.88. The highest BCUT2D eigenvalue weighted by atomic mass is 16.6. The summed E-state index contributed by atoms with van der Waals surface area (Å²) in [6.07, 6.45) is 5.92. The fourth-order valence-corrected chi connectivity index (χ4v) is 6.04. The standard InChI is InChI=1S/C26H29NO3/c28-23-18-22(26(30-23)15-7-8-16-26)24(29)27-17-9-14-25(19-27,20-10-3-1-4-11-20)21-12-5-2-6-13-21/h1-6,10-13,22H,7-9,14-19H2/t22-/m0/s1. The molecule has 2 saturated heterocycles. The van der Waals surface area contributed by atoms with Crippen LogP contribution in [-0.4, -0.2) is 35.5 Å². The first-order valence-corrected chi connectivity index (χ1v) is 11.2. The van der Waals surface area contributed by atoms with Gasteiger partial charge in [0, 0.05) is 18.5 Å². The van der Waals surface area contributed by atoms with Crippen LogP contribution in [0.1, 0.15) is 56.1 Å². The van der Waals surface area contributed by atoms with Gasteiger partial charge in [-0.15, -0.1) is 0 Å². The Labute approximate surface area is 178 Å². The summed E-state index contributed by atoms with van der Waals surface area (Å²) in [5, 5.41) is 0. The SMILES string of the molecule is O=C1C[C@@H](C(=O)N2CCCC(c3ccccc3)(c3ccccc3)C2)C2(CCCC2)O1. The van der Waals surface area contributed by atoms with E-state index in [1.165, 1.54) is 11.1 Å². The van der Waals surface area contributed by atoms with E-state index in [2.05, 4.69) is 48.5 Å². The Bertz CT molecular complexity index is 878. The minimum absolute atomic E-state index is 0.110. The van der Waals surface area contributed by atoms with Gasteiger partial charge in [0.1, 0.15) is 5.60 Å². The van der Waals surface area contributed by atoms with Crippen LogP contribution in [0.25, 0.3) is 0 Å². The fourth-order valence-electron chi connectivity index (χ4n) is 6.04. The number of benzene rings is 2. The van der Waals surface area contributed by atoms with E-state index in [-0.39, 0.29) is 29.6 Å². The molecular formula is C26H29NO3. The van der Waals surface area contributed by atoms with Crippen molar-refractivity contribution in [1.29, 1.82) is 0 Å². The quantitative estimate of drug-likeness (QED) is 0.711. The maximum absolute atomic E-state index is 13.8. The molecule has 30 heavy (non-hydrogen) atoms. The van der Waals surface area contributed by atoms with Crippen LogP contribution >= 0.6 is 0 Å². The molecule has 156 valence electrons. The molecule has 2 aromatic rings. The van der Waals surface area contributed by atoms with Crippen molar-refractivity contribution in [3.63, 3.8) is 0 Å². The van der Waals surface area contributed by atoms with Crippen LogP contribution in [0.2, 0.25) is 0 Å². The summed E-state index contributed by atoms with van der Waals surface area (Å²) in [6.45, 7) is 1.40. The van der Waals surface area contributed by atoms with Gasteiger partial charge >= 0.3 is 5.97 Å². The van der Waals surface area contributed by atoms with Gasteiger partial charge in [-0.25, -0.2) is 0 Å². The lowest BCUT2D eigenvalue weighted by Crippen LogP contribution is -2.53. The molecule has 1 amide bonds. The van der Waals surface area contributed by atoms with Gasteiger partial charge < -0.3 is 9.64 Å². The third-order valence-corrected chi connectivity index (χ3v) is 7.53. The number of carbonyl (C=O) groups excluding carboxylic acids is 2. The molecule has 1 saturated carbocycles. The third kappa shape index (κ3) is 3.13. The van der Waals surface area contributed by atoms with Crippen molar-refractivity contribution >= 4 is 11.9 Å². The van der Waals surface area contributed by atoms with Crippen LogP contribution in [0, 0.1) is 5.92 Å². The van der Waals surface area contributed by atoms with E-state index >= 15 is 0 Å². The molecular weight excluding hydrogens is 374 g/mol. The summed E-state index contributed by atoms with van der Waals surface area (Å²) >= 11 is 0.